The highest BCUT2D eigenvalue weighted by atomic mass is 16.5. The molecule has 60 valence electrons. The van der Waals surface area contributed by atoms with Gasteiger partial charge in [-0.25, -0.2) is 4.79 Å². The highest BCUT2D eigenvalue weighted by Crippen LogP contribution is 2.29. The smallest absolute Gasteiger partial charge is 0.328 e. The molecule has 2 saturated heterocycles. The van der Waals surface area contributed by atoms with Gasteiger partial charge in [-0.15, -0.1) is 0 Å². The first-order chi connectivity index (χ1) is 5.20. The van der Waals surface area contributed by atoms with E-state index in [1.54, 1.807) is 0 Å². The molecule has 0 aromatic carbocycles. The van der Waals surface area contributed by atoms with Crippen LogP contribution < -0.4 is 0 Å². The lowest BCUT2D eigenvalue weighted by Crippen LogP contribution is -2.54. The van der Waals surface area contributed by atoms with Crippen LogP contribution in [0.1, 0.15) is 6.42 Å². The van der Waals surface area contributed by atoms with Crippen LogP contribution in [-0.4, -0.2) is 40.8 Å². The Kier molecular flexibility index (Phi) is 1.17. The Hall–Kier alpha value is -1.10. The van der Waals surface area contributed by atoms with Gasteiger partial charge in [0.05, 0.1) is 13.0 Å². The van der Waals surface area contributed by atoms with E-state index in [9.17, 15) is 9.59 Å². The van der Waals surface area contributed by atoms with Gasteiger partial charge in [0.1, 0.15) is 6.23 Å². The second-order valence-electron chi connectivity index (χ2n) is 2.65. The molecule has 0 radical (unpaired) electrons. The number of fused-ring (bicyclic) bond motifs is 1. The van der Waals surface area contributed by atoms with Gasteiger partial charge in [0.2, 0.25) is 5.91 Å². The molecule has 11 heavy (non-hydrogen) atoms. The summed E-state index contributed by atoms with van der Waals surface area (Å²) in [7, 11) is 0. The van der Waals surface area contributed by atoms with Crippen molar-refractivity contribution in [2.24, 2.45) is 0 Å². The van der Waals surface area contributed by atoms with Crippen LogP contribution in [0.2, 0.25) is 0 Å². The lowest BCUT2D eigenvalue weighted by atomic mass is 10.1. The molecule has 0 saturated carbocycles. The van der Waals surface area contributed by atoms with Crippen LogP contribution in [0.4, 0.5) is 0 Å². The first-order valence-electron chi connectivity index (χ1n) is 3.35. The number of β-lactam (4-membered cyclic amide) rings is 1. The molecule has 1 N–H and O–H groups in total. The van der Waals surface area contributed by atoms with Crippen molar-refractivity contribution in [2.45, 2.75) is 18.7 Å². The van der Waals surface area contributed by atoms with Crippen molar-refractivity contribution in [3.05, 3.63) is 0 Å². The van der Waals surface area contributed by atoms with Crippen LogP contribution in [0.15, 0.2) is 0 Å². The zero-order chi connectivity index (χ0) is 8.01. The molecule has 0 spiro atoms. The maximum atomic E-state index is 10.8. The summed E-state index contributed by atoms with van der Waals surface area (Å²) in [6, 6.07) is -0.749. The van der Waals surface area contributed by atoms with E-state index in [-0.39, 0.29) is 18.7 Å². The largest absolute Gasteiger partial charge is 0.480 e. The standard InChI is InChI=1S/C6H7NO4/c8-4-1-5-7(4)3(2-11-5)6(9)10/h3,5H,1-2H2,(H,9,10)/t3-,5-/m1/s1. The van der Waals surface area contributed by atoms with Crippen molar-refractivity contribution in [1.29, 1.82) is 0 Å². The average Bonchev–Trinajstić information content (AvgIpc) is 2.25. The van der Waals surface area contributed by atoms with Crippen LogP contribution in [-0.2, 0) is 14.3 Å². The summed E-state index contributed by atoms with van der Waals surface area (Å²) in [6.07, 6.45) is 0.0765. The molecule has 0 unspecified atom stereocenters. The van der Waals surface area contributed by atoms with Crippen LogP contribution in [0, 0.1) is 0 Å². The minimum atomic E-state index is -0.986. The van der Waals surface area contributed by atoms with Gasteiger partial charge in [-0.1, -0.05) is 0 Å². The van der Waals surface area contributed by atoms with Gasteiger partial charge >= 0.3 is 5.97 Å². The number of rotatable bonds is 1. The number of carbonyl (C=O) groups is 2. The van der Waals surface area contributed by atoms with E-state index in [0.29, 0.717) is 6.42 Å². The van der Waals surface area contributed by atoms with Gasteiger partial charge in [0.25, 0.3) is 0 Å². The predicted molar refractivity (Wildman–Crippen MR) is 32.6 cm³/mol. The first kappa shape index (κ1) is 6.60. The zero-order valence-corrected chi connectivity index (χ0v) is 5.69. The van der Waals surface area contributed by atoms with E-state index in [2.05, 4.69) is 0 Å². The Morgan fingerprint density at radius 1 is 1.73 bits per heavy atom. The lowest BCUT2D eigenvalue weighted by molar-refractivity contribution is -0.163. The Bertz CT molecular complexity index is 219. The molecular formula is C6H7NO4. The van der Waals surface area contributed by atoms with Gasteiger partial charge in [0, 0.05) is 0 Å². The molecule has 2 fully saturated rings. The summed E-state index contributed by atoms with van der Waals surface area (Å²) >= 11 is 0. The third-order valence-corrected chi connectivity index (χ3v) is 2.01. The number of hydrogen-bond acceptors (Lipinski definition) is 3. The van der Waals surface area contributed by atoms with Crippen LogP contribution in [0.5, 0.6) is 0 Å². The monoisotopic (exact) mass is 157 g/mol. The Morgan fingerprint density at radius 2 is 2.45 bits per heavy atom. The summed E-state index contributed by atoms with van der Waals surface area (Å²) < 4.78 is 5.02. The van der Waals surface area contributed by atoms with E-state index < -0.39 is 12.0 Å². The highest BCUT2D eigenvalue weighted by Gasteiger charge is 2.49. The van der Waals surface area contributed by atoms with Crippen molar-refractivity contribution in [1.82, 2.24) is 4.90 Å². The summed E-state index contributed by atoms with van der Waals surface area (Å²) in [6.45, 7) is 0.131. The molecule has 5 nitrogen and oxygen atoms in total. The Morgan fingerprint density at radius 3 is 2.91 bits per heavy atom. The van der Waals surface area contributed by atoms with Crippen LogP contribution in [0.3, 0.4) is 0 Å². The summed E-state index contributed by atoms with van der Waals surface area (Å²) in [5.74, 6) is -1.11. The topological polar surface area (TPSA) is 66.8 Å². The average molecular weight is 157 g/mol. The number of amides is 1. The maximum Gasteiger partial charge on any atom is 0.328 e. The maximum absolute atomic E-state index is 10.8. The lowest BCUT2D eigenvalue weighted by Gasteiger charge is -2.34. The number of carbonyl (C=O) groups excluding carboxylic acids is 1. The molecule has 2 rings (SSSR count). The highest BCUT2D eigenvalue weighted by molar-refractivity contribution is 5.89. The van der Waals surface area contributed by atoms with E-state index in [0.717, 1.165) is 0 Å². The molecule has 5 heteroatoms. The second kappa shape index (κ2) is 1.94. The zero-order valence-electron chi connectivity index (χ0n) is 5.69. The number of aliphatic carboxylic acids is 1. The minimum absolute atomic E-state index is 0.125. The number of hydrogen-bond donors (Lipinski definition) is 1. The number of nitrogens with zero attached hydrogens (tertiary/aromatic N) is 1. The third-order valence-electron chi connectivity index (χ3n) is 2.01. The molecule has 0 bridgehead atoms. The molecule has 2 heterocycles. The number of carboxylic acid groups (broad SMARTS) is 1. The second-order valence-corrected chi connectivity index (χ2v) is 2.65. The number of carboxylic acids is 1. The molecule has 2 aliphatic heterocycles. The van der Waals surface area contributed by atoms with Crippen molar-refractivity contribution in [3.63, 3.8) is 0 Å². The molecular weight excluding hydrogens is 150 g/mol. The Balaban J connectivity index is 2.14. The first-order valence-corrected chi connectivity index (χ1v) is 3.35. The quantitative estimate of drug-likeness (QED) is 0.497. The summed E-state index contributed by atoms with van der Waals surface area (Å²) in [4.78, 5) is 22.6. The fourth-order valence-corrected chi connectivity index (χ4v) is 1.39. The fraction of sp³-hybridized carbons (Fsp3) is 0.667. The molecule has 2 aliphatic rings. The van der Waals surface area contributed by atoms with Crippen molar-refractivity contribution >= 4 is 11.9 Å². The summed E-state index contributed by atoms with van der Waals surface area (Å²) in [5, 5.41) is 8.58. The molecule has 0 aliphatic carbocycles. The van der Waals surface area contributed by atoms with Crippen molar-refractivity contribution in [3.8, 4) is 0 Å². The van der Waals surface area contributed by atoms with Crippen LogP contribution >= 0.6 is 0 Å². The van der Waals surface area contributed by atoms with E-state index in [1.807, 2.05) is 0 Å². The van der Waals surface area contributed by atoms with Gasteiger partial charge in [-0.3, -0.25) is 9.69 Å². The fourth-order valence-electron chi connectivity index (χ4n) is 1.39. The predicted octanol–water partition coefficient (Wildman–Crippen LogP) is -0.972. The van der Waals surface area contributed by atoms with Crippen molar-refractivity contribution < 1.29 is 19.4 Å². The van der Waals surface area contributed by atoms with E-state index in [1.165, 1.54) is 4.90 Å². The number of ether oxygens (including phenoxy) is 1. The SMILES string of the molecule is O=C(O)[C@H]1CO[C@@H]2CC(=O)N12. The van der Waals surface area contributed by atoms with E-state index in [4.69, 9.17) is 9.84 Å². The Labute approximate surface area is 62.5 Å². The van der Waals surface area contributed by atoms with Crippen molar-refractivity contribution in [2.75, 3.05) is 6.61 Å². The summed E-state index contributed by atoms with van der Waals surface area (Å²) in [5.41, 5.74) is 0. The van der Waals surface area contributed by atoms with Crippen LogP contribution in [0.25, 0.3) is 0 Å². The minimum Gasteiger partial charge on any atom is -0.480 e. The molecule has 0 aromatic rings. The van der Waals surface area contributed by atoms with E-state index >= 15 is 0 Å². The molecule has 0 aromatic heterocycles. The van der Waals surface area contributed by atoms with Gasteiger partial charge < -0.3 is 9.84 Å². The van der Waals surface area contributed by atoms with Gasteiger partial charge in [-0.2, -0.15) is 0 Å². The van der Waals surface area contributed by atoms with Gasteiger partial charge in [-0.05, 0) is 0 Å². The molecule has 1 amide bonds. The normalized spacial score (nSPS) is 34.9. The van der Waals surface area contributed by atoms with Gasteiger partial charge in [0.15, 0.2) is 6.04 Å². The molecule has 2 atom stereocenters. The third kappa shape index (κ3) is 0.742.